The maximum Gasteiger partial charge on any atom is 0.228 e. The molecule has 0 saturated carbocycles. The molecule has 1 aromatic rings. The zero-order valence-corrected chi connectivity index (χ0v) is 11.5. The maximum atomic E-state index is 14.3. The van der Waals surface area contributed by atoms with Crippen LogP contribution >= 0.6 is 0 Å². The van der Waals surface area contributed by atoms with Crippen molar-refractivity contribution in [3.8, 4) is 0 Å². The molecule has 0 radical (unpaired) electrons. The van der Waals surface area contributed by atoms with E-state index in [0.29, 0.717) is 24.3 Å². The summed E-state index contributed by atoms with van der Waals surface area (Å²) < 4.78 is 14.3. The fraction of sp³-hybridized carbons (Fsp3) is 0.533. The first-order valence-corrected chi connectivity index (χ1v) is 7.25. The molecule has 0 aliphatic carbocycles. The van der Waals surface area contributed by atoms with Crippen molar-refractivity contribution < 1.29 is 9.18 Å². The van der Waals surface area contributed by atoms with Gasteiger partial charge >= 0.3 is 0 Å². The monoisotopic (exact) mass is 277 g/mol. The highest BCUT2D eigenvalue weighted by molar-refractivity contribution is 5.96. The quantitative estimate of drug-likeness (QED) is 0.898. The van der Waals surface area contributed by atoms with Crippen molar-refractivity contribution in [1.29, 1.82) is 0 Å². The van der Waals surface area contributed by atoms with E-state index in [1.807, 2.05) is 6.07 Å². The Balaban J connectivity index is 1.82. The predicted molar refractivity (Wildman–Crippen MR) is 77.4 cm³/mol. The van der Waals surface area contributed by atoms with Crippen LogP contribution in [0, 0.1) is 5.82 Å². The highest BCUT2D eigenvalue weighted by Gasteiger charge is 2.28. The van der Waals surface area contributed by atoms with Crippen LogP contribution in [-0.2, 0) is 4.79 Å². The van der Waals surface area contributed by atoms with E-state index < -0.39 is 0 Å². The summed E-state index contributed by atoms with van der Waals surface area (Å²) in [4.78, 5) is 15.5. The van der Waals surface area contributed by atoms with Crippen molar-refractivity contribution in [2.45, 2.75) is 31.7 Å². The van der Waals surface area contributed by atoms with Crippen LogP contribution in [0.2, 0.25) is 0 Å². The third-order valence-electron chi connectivity index (χ3n) is 4.09. The fourth-order valence-electron chi connectivity index (χ4n) is 3.04. The summed E-state index contributed by atoms with van der Waals surface area (Å²) in [5.74, 6) is -0.278. The first-order valence-electron chi connectivity index (χ1n) is 7.25. The molecule has 1 unspecified atom stereocenters. The second-order valence-electron chi connectivity index (χ2n) is 5.65. The van der Waals surface area contributed by atoms with Gasteiger partial charge in [-0.1, -0.05) is 0 Å². The van der Waals surface area contributed by atoms with Crippen LogP contribution in [0.25, 0.3) is 0 Å². The summed E-state index contributed by atoms with van der Waals surface area (Å²) in [6.07, 6.45) is 3.78. The van der Waals surface area contributed by atoms with E-state index in [-0.39, 0.29) is 17.8 Å². The first-order chi connectivity index (χ1) is 9.65. The van der Waals surface area contributed by atoms with E-state index in [2.05, 4.69) is 4.90 Å². The SMILES string of the molecule is NC1CC(=O)N(c2ccc(N3CCCCC3)c(F)c2)C1. The normalized spacial score (nSPS) is 23.5. The Morgan fingerprint density at radius 2 is 1.95 bits per heavy atom. The lowest BCUT2D eigenvalue weighted by Crippen LogP contribution is -2.31. The van der Waals surface area contributed by atoms with Crippen LogP contribution in [0.3, 0.4) is 0 Å². The zero-order valence-electron chi connectivity index (χ0n) is 11.5. The topological polar surface area (TPSA) is 49.6 Å². The molecule has 2 aliphatic heterocycles. The number of carbonyl (C=O) groups is 1. The summed E-state index contributed by atoms with van der Waals surface area (Å²) in [7, 11) is 0. The number of carbonyl (C=O) groups excluding carboxylic acids is 1. The number of hydrogen-bond donors (Lipinski definition) is 1. The number of amides is 1. The Morgan fingerprint density at radius 3 is 2.55 bits per heavy atom. The van der Waals surface area contributed by atoms with Crippen LogP contribution in [0.1, 0.15) is 25.7 Å². The van der Waals surface area contributed by atoms with Crippen LogP contribution in [0.4, 0.5) is 15.8 Å². The number of hydrogen-bond acceptors (Lipinski definition) is 3. The van der Waals surface area contributed by atoms with Crippen molar-refractivity contribution in [1.82, 2.24) is 0 Å². The Labute approximate surface area is 118 Å². The van der Waals surface area contributed by atoms with Crippen LogP contribution < -0.4 is 15.5 Å². The third-order valence-corrected chi connectivity index (χ3v) is 4.09. The minimum atomic E-state index is -0.252. The molecule has 20 heavy (non-hydrogen) atoms. The third kappa shape index (κ3) is 2.50. The standard InChI is InChI=1S/C15H20FN3O/c16-13-9-12(19-10-11(17)8-15(19)20)4-5-14(13)18-6-2-1-3-7-18/h4-5,9,11H,1-3,6-8,10,17H2. The molecule has 108 valence electrons. The zero-order chi connectivity index (χ0) is 14.1. The number of piperidine rings is 1. The van der Waals surface area contributed by atoms with E-state index in [4.69, 9.17) is 5.73 Å². The second kappa shape index (κ2) is 5.40. The smallest absolute Gasteiger partial charge is 0.228 e. The maximum absolute atomic E-state index is 14.3. The second-order valence-corrected chi connectivity index (χ2v) is 5.65. The van der Waals surface area contributed by atoms with Crippen molar-refractivity contribution in [2.24, 2.45) is 5.73 Å². The molecule has 0 aromatic heterocycles. The first kappa shape index (κ1) is 13.4. The molecule has 2 N–H and O–H groups in total. The molecule has 5 heteroatoms. The van der Waals surface area contributed by atoms with Crippen molar-refractivity contribution in [3.63, 3.8) is 0 Å². The summed E-state index contributed by atoms with van der Waals surface area (Å²) in [5.41, 5.74) is 7.03. The number of nitrogens with zero attached hydrogens (tertiary/aromatic N) is 2. The molecule has 2 heterocycles. The minimum absolute atomic E-state index is 0.0253. The van der Waals surface area contributed by atoms with Gasteiger partial charge in [-0.25, -0.2) is 4.39 Å². The molecule has 1 atom stereocenters. The highest BCUT2D eigenvalue weighted by atomic mass is 19.1. The Kier molecular flexibility index (Phi) is 3.61. The van der Waals surface area contributed by atoms with Crippen LogP contribution in [0.5, 0.6) is 0 Å². The number of benzene rings is 1. The lowest BCUT2D eigenvalue weighted by molar-refractivity contribution is -0.117. The average molecular weight is 277 g/mol. The lowest BCUT2D eigenvalue weighted by atomic mass is 10.1. The van der Waals surface area contributed by atoms with Gasteiger partial charge in [-0.05, 0) is 37.5 Å². The Morgan fingerprint density at radius 1 is 1.20 bits per heavy atom. The molecular formula is C15H20FN3O. The van der Waals surface area contributed by atoms with E-state index >= 15 is 0 Å². The molecule has 0 spiro atoms. The Bertz CT molecular complexity index is 514. The van der Waals surface area contributed by atoms with Gasteiger partial charge in [-0.15, -0.1) is 0 Å². The summed E-state index contributed by atoms with van der Waals surface area (Å²) >= 11 is 0. The van der Waals surface area contributed by atoms with Gasteiger partial charge in [-0.3, -0.25) is 4.79 Å². The molecule has 3 rings (SSSR count). The summed E-state index contributed by atoms with van der Waals surface area (Å²) in [6.45, 7) is 2.29. The largest absolute Gasteiger partial charge is 0.369 e. The predicted octanol–water partition coefficient (Wildman–Crippen LogP) is 1.88. The van der Waals surface area contributed by atoms with Crippen molar-refractivity contribution in [2.75, 3.05) is 29.4 Å². The van der Waals surface area contributed by atoms with Gasteiger partial charge in [0.1, 0.15) is 5.82 Å². The van der Waals surface area contributed by atoms with Gasteiger partial charge < -0.3 is 15.5 Å². The molecule has 1 amide bonds. The molecule has 4 nitrogen and oxygen atoms in total. The molecule has 2 saturated heterocycles. The summed E-state index contributed by atoms with van der Waals surface area (Å²) in [6, 6.07) is 4.92. The average Bonchev–Trinajstić information content (AvgIpc) is 2.78. The van der Waals surface area contributed by atoms with Crippen molar-refractivity contribution >= 4 is 17.3 Å². The van der Waals surface area contributed by atoms with Gasteiger partial charge in [0.05, 0.1) is 5.69 Å². The fourth-order valence-corrected chi connectivity index (χ4v) is 3.04. The molecular weight excluding hydrogens is 257 g/mol. The number of nitrogens with two attached hydrogens (primary N) is 1. The van der Waals surface area contributed by atoms with Crippen LogP contribution in [-0.4, -0.2) is 31.6 Å². The highest BCUT2D eigenvalue weighted by Crippen LogP contribution is 2.29. The van der Waals surface area contributed by atoms with E-state index in [1.54, 1.807) is 11.0 Å². The summed E-state index contributed by atoms with van der Waals surface area (Å²) in [5, 5.41) is 0. The molecule has 2 fully saturated rings. The van der Waals surface area contributed by atoms with E-state index in [1.165, 1.54) is 12.5 Å². The van der Waals surface area contributed by atoms with Gasteiger partial charge in [0.2, 0.25) is 5.91 Å². The molecule has 2 aliphatic rings. The lowest BCUT2D eigenvalue weighted by Gasteiger charge is -2.29. The van der Waals surface area contributed by atoms with E-state index in [9.17, 15) is 9.18 Å². The minimum Gasteiger partial charge on any atom is -0.369 e. The van der Waals surface area contributed by atoms with Gasteiger partial charge in [0.15, 0.2) is 0 Å². The van der Waals surface area contributed by atoms with Gasteiger partial charge in [0, 0.05) is 37.8 Å². The molecule has 0 bridgehead atoms. The number of anilines is 2. The van der Waals surface area contributed by atoms with Gasteiger partial charge in [-0.2, -0.15) is 0 Å². The van der Waals surface area contributed by atoms with E-state index in [0.717, 1.165) is 25.9 Å². The van der Waals surface area contributed by atoms with Crippen LogP contribution in [0.15, 0.2) is 18.2 Å². The van der Waals surface area contributed by atoms with Crippen molar-refractivity contribution in [3.05, 3.63) is 24.0 Å². The number of halogens is 1. The van der Waals surface area contributed by atoms with Gasteiger partial charge in [0.25, 0.3) is 0 Å². The molecule has 1 aromatic carbocycles. The Hall–Kier alpha value is -1.62. The number of rotatable bonds is 2.